The monoisotopic (exact) mass is 414 g/mol. The fraction of sp³-hybridized carbons (Fsp3) is 0.273. The molecule has 0 fully saturated rings. The number of thiazole rings is 1. The molecule has 0 saturated heterocycles. The van der Waals surface area contributed by atoms with Gasteiger partial charge in [0.05, 0.1) is 5.69 Å². The third-order valence-electron chi connectivity index (χ3n) is 4.31. The number of ether oxygens (including phenoxy) is 1. The largest absolute Gasteiger partial charge is 0.483 e. The Balaban J connectivity index is 1.67. The minimum atomic E-state index is -0.229. The Hall–Kier alpha value is -2.37. The molecule has 1 amide bonds. The summed E-state index contributed by atoms with van der Waals surface area (Å²) in [5, 5.41) is 4.07. The van der Waals surface area contributed by atoms with Crippen LogP contribution in [0, 0.1) is 13.8 Å². The topological polar surface area (TPSA) is 51.2 Å². The van der Waals surface area contributed by atoms with E-state index in [1.165, 1.54) is 11.3 Å². The molecule has 2 aromatic carbocycles. The molecule has 6 heteroatoms. The van der Waals surface area contributed by atoms with Crippen molar-refractivity contribution in [2.75, 3.05) is 11.9 Å². The molecule has 146 valence electrons. The first-order chi connectivity index (χ1) is 13.3. The molecule has 1 N–H and O–H groups in total. The fourth-order valence-corrected chi connectivity index (χ4v) is 3.85. The van der Waals surface area contributed by atoms with Gasteiger partial charge in [-0.3, -0.25) is 10.1 Å². The van der Waals surface area contributed by atoms with Gasteiger partial charge < -0.3 is 4.74 Å². The molecule has 0 atom stereocenters. The molecule has 1 heterocycles. The summed E-state index contributed by atoms with van der Waals surface area (Å²) in [4.78, 5) is 17.9. The van der Waals surface area contributed by atoms with E-state index in [4.69, 9.17) is 16.3 Å². The number of aromatic nitrogens is 1. The zero-order valence-electron chi connectivity index (χ0n) is 16.4. The Morgan fingerprint density at radius 3 is 2.57 bits per heavy atom. The predicted molar refractivity (Wildman–Crippen MR) is 117 cm³/mol. The summed E-state index contributed by atoms with van der Waals surface area (Å²) in [5.74, 6) is 0.845. The van der Waals surface area contributed by atoms with Gasteiger partial charge in [0.2, 0.25) is 0 Å². The van der Waals surface area contributed by atoms with E-state index >= 15 is 0 Å². The molecule has 0 aliphatic heterocycles. The number of anilines is 1. The lowest BCUT2D eigenvalue weighted by Gasteiger charge is -2.14. The van der Waals surface area contributed by atoms with Crippen LogP contribution in [0.2, 0.25) is 5.02 Å². The second-order valence-electron chi connectivity index (χ2n) is 6.96. The Morgan fingerprint density at radius 2 is 1.89 bits per heavy atom. The highest BCUT2D eigenvalue weighted by Crippen LogP contribution is 2.31. The van der Waals surface area contributed by atoms with E-state index in [0.29, 0.717) is 16.1 Å². The van der Waals surface area contributed by atoms with Gasteiger partial charge in [0.15, 0.2) is 11.7 Å². The Labute approximate surface area is 174 Å². The maximum Gasteiger partial charge on any atom is 0.264 e. The van der Waals surface area contributed by atoms with E-state index in [1.54, 1.807) is 0 Å². The summed E-state index contributed by atoms with van der Waals surface area (Å²) >= 11 is 7.39. The number of nitrogens with zero attached hydrogens (tertiary/aromatic N) is 1. The average molecular weight is 415 g/mol. The van der Waals surface area contributed by atoms with Gasteiger partial charge in [0.1, 0.15) is 5.75 Å². The van der Waals surface area contributed by atoms with Gasteiger partial charge in [0.25, 0.3) is 5.91 Å². The van der Waals surface area contributed by atoms with Crippen LogP contribution in [0.4, 0.5) is 5.13 Å². The zero-order valence-corrected chi connectivity index (χ0v) is 17.9. The lowest BCUT2D eigenvalue weighted by molar-refractivity contribution is -0.118. The lowest BCUT2D eigenvalue weighted by Crippen LogP contribution is -2.20. The van der Waals surface area contributed by atoms with Crippen LogP contribution < -0.4 is 10.1 Å². The Kier molecular flexibility index (Phi) is 6.37. The number of carbonyl (C=O) groups is 1. The van der Waals surface area contributed by atoms with Gasteiger partial charge in [-0.1, -0.05) is 49.7 Å². The van der Waals surface area contributed by atoms with E-state index < -0.39 is 0 Å². The molecule has 0 bridgehead atoms. The number of halogens is 1. The number of aryl methyl sites for hydroxylation is 2. The van der Waals surface area contributed by atoms with E-state index in [9.17, 15) is 4.79 Å². The second kappa shape index (κ2) is 8.76. The molecule has 3 rings (SSSR count). The minimum Gasteiger partial charge on any atom is -0.483 e. The van der Waals surface area contributed by atoms with Crippen LogP contribution in [-0.4, -0.2) is 17.5 Å². The molecule has 0 spiro atoms. The van der Waals surface area contributed by atoms with Crippen LogP contribution in [-0.2, 0) is 4.79 Å². The van der Waals surface area contributed by atoms with Crippen molar-refractivity contribution in [3.8, 4) is 17.0 Å². The summed E-state index contributed by atoms with van der Waals surface area (Å²) in [6.07, 6.45) is 0. The van der Waals surface area contributed by atoms with Crippen molar-refractivity contribution in [3.63, 3.8) is 0 Å². The van der Waals surface area contributed by atoms with Crippen LogP contribution in [0.15, 0.2) is 42.5 Å². The molecular formula is C22H23ClN2O2S. The van der Waals surface area contributed by atoms with Crippen molar-refractivity contribution in [2.24, 2.45) is 0 Å². The molecule has 0 aliphatic rings. The third kappa shape index (κ3) is 4.91. The number of carbonyl (C=O) groups excluding carboxylic acids is 1. The molecule has 1 aromatic heterocycles. The van der Waals surface area contributed by atoms with Crippen molar-refractivity contribution in [2.45, 2.75) is 33.6 Å². The fourth-order valence-electron chi connectivity index (χ4n) is 2.87. The highest BCUT2D eigenvalue weighted by Gasteiger charge is 2.14. The van der Waals surface area contributed by atoms with Crippen molar-refractivity contribution in [1.29, 1.82) is 0 Å². The van der Waals surface area contributed by atoms with Crippen LogP contribution >= 0.6 is 22.9 Å². The zero-order chi connectivity index (χ0) is 20.3. The molecule has 0 radical (unpaired) electrons. The molecule has 4 nitrogen and oxygen atoms in total. The van der Waals surface area contributed by atoms with E-state index in [1.807, 2.05) is 44.2 Å². The first-order valence-corrected chi connectivity index (χ1v) is 10.3. The summed E-state index contributed by atoms with van der Waals surface area (Å²) < 4.78 is 5.80. The SMILES string of the molecule is Cc1ccc(C(C)C)c(OCC(=O)Nc2nc(-c3ccc(Cl)cc3)c(C)s2)c1. The van der Waals surface area contributed by atoms with Crippen molar-refractivity contribution in [3.05, 3.63) is 63.5 Å². The van der Waals surface area contributed by atoms with Gasteiger partial charge in [-0.25, -0.2) is 4.98 Å². The van der Waals surface area contributed by atoms with Crippen LogP contribution in [0.25, 0.3) is 11.3 Å². The standard InChI is InChI=1S/C22H23ClN2O2S/c1-13(2)18-10-5-14(3)11-19(18)27-12-20(26)24-22-25-21(15(4)28-22)16-6-8-17(23)9-7-16/h5-11,13H,12H2,1-4H3,(H,24,25,26). The summed E-state index contributed by atoms with van der Waals surface area (Å²) in [6.45, 7) is 8.14. The molecule has 0 aliphatic carbocycles. The van der Waals surface area contributed by atoms with Crippen molar-refractivity contribution >= 4 is 34.0 Å². The number of rotatable bonds is 6. The minimum absolute atomic E-state index is 0.0575. The number of amides is 1. The lowest BCUT2D eigenvalue weighted by atomic mass is 10.0. The van der Waals surface area contributed by atoms with Crippen molar-refractivity contribution in [1.82, 2.24) is 4.98 Å². The smallest absolute Gasteiger partial charge is 0.264 e. The van der Waals surface area contributed by atoms with E-state index in [2.05, 4.69) is 36.3 Å². The highest BCUT2D eigenvalue weighted by molar-refractivity contribution is 7.16. The number of hydrogen-bond acceptors (Lipinski definition) is 4. The molecule has 28 heavy (non-hydrogen) atoms. The molecule has 0 saturated carbocycles. The third-order valence-corrected chi connectivity index (χ3v) is 5.45. The number of benzene rings is 2. The maximum atomic E-state index is 12.4. The Morgan fingerprint density at radius 1 is 1.18 bits per heavy atom. The first-order valence-electron chi connectivity index (χ1n) is 9.10. The van der Waals surface area contributed by atoms with E-state index in [-0.39, 0.29) is 12.5 Å². The normalized spacial score (nSPS) is 10.9. The summed E-state index contributed by atoms with van der Waals surface area (Å²) in [7, 11) is 0. The maximum absolute atomic E-state index is 12.4. The quantitative estimate of drug-likeness (QED) is 0.520. The molecule has 0 unspecified atom stereocenters. The Bertz CT molecular complexity index is 981. The van der Waals surface area contributed by atoms with Gasteiger partial charge in [-0.2, -0.15) is 0 Å². The van der Waals surface area contributed by atoms with Crippen molar-refractivity contribution < 1.29 is 9.53 Å². The predicted octanol–water partition coefficient (Wildman–Crippen LogP) is 6.22. The van der Waals surface area contributed by atoms with Gasteiger partial charge in [0, 0.05) is 15.5 Å². The second-order valence-corrected chi connectivity index (χ2v) is 8.60. The highest BCUT2D eigenvalue weighted by atomic mass is 35.5. The summed E-state index contributed by atoms with van der Waals surface area (Å²) in [5.41, 5.74) is 4.01. The summed E-state index contributed by atoms with van der Waals surface area (Å²) in [6, 6.07) is 13.6. The van der Waals surface area contributed by atoms with E-state index in [0.717, 1.165) is 33.0 Å². The van der Waals surface area contributed by atoms with Crippen LogP contribution in [0.5, 0.6) is 5.75 Å². The molecular weight excluding hydrogens is 392 g/mol. The number of hydrogen-bond donors (Lipinski definition) is 1. The van der Waals surface area contributed by atoms with Gasteiger partial charge in [-0.05, 0) is 49.1 Å². The van der Waals surface area contributed by atoms with Gasteiger partial charge >= 0.3 is 0 Å². The molecule has 3 aromatic rings. The first kappa shape index (κ1) is 20.4. The van der Waals surface area contributed by atoms with Crippen LogP contribution in [0.3, 0.4) is 0 Å². The number of nitrogens with one attached hydrogen (secondary N) is 1. The average Bonchev–Trinajstić information content (AvgIpc) is 3.00. The van der Waals surface area contributed by atoms with Gasteiger partial charge in [-0.15, -0.1) is 11.3 Å². The van der Waals surface area contributed by atoms with Crippen LogP contribution in [0.1, 0.15) is 35.8 Å².